The summed E-state index contributed by atoms with van der Waals surface area (Å²) in [5.74, 6) is 1.40. The average molecular weight is 317 g/mol. The molecule has 1 atom stereocenters. The molecule has 22 heavy (non-hydrogen) atoms. The van der Waals surface area contributed by atoms with E-state index in [4.69, 9.17) is 16.3 Å². The van der Waals surface area contributed by atoms with Gasteiger partial charge in [0.05, 0.1) is 7.11 Å². The Kier molecular flexibility index (Phi) is 4.96. The van der Waals surface area contributed by atoms with Crippen LogP contribution < -0.4 is 4.74 Å². The zero-order valence-corrected chi connectivity index (χ0v) is 13.6. The van der Waals surface area contributed by atoms with Crippen molar-refractivity contribution in [2.75, 3.05) is 20.2 Å². The van der Waals surface area contributed by atoms with Crippen LogP contribution in [0, 0.1) is 5.92 Å². The smallest absolute Gasteiger partial charge is 0.212 e. The fourth-order valence-corrected chi connectivity index (χ4v) is 3.19. The molecule has 0 radical (unpaired) electrons. The molecule has 0 amide bonds. The molecule has 4 heteroatoms. The second kappa shape index (κ2) is 7.12. The Morgan fingerprint density at radius 2 is 1.95 bits per heavy atom. The summed E-state index contributed by atoms with van der Waals surface area (Å²) in [5, 5.41) is 0.809. The Hall–Kier alpha value is -1.58. The standard InChI is InChI=1S/C18H21ClN2O/c1-22-18-7-4-16(11-20-18)13-21-9-8-15(12-21)10-14-2-5-17(19)6-3-14/h2-7,11,15H,8-10,12-13H2,1H3. The quantitative estimate of drug-likeness (QED) is 0.838. The van der Waals surface area contributed by atoms with Gasteiger partial charge in [-0.3, -0.25) is 4.90 Å². The normalized spacial score (nSPS) is 18.5. The minimum Gasteiger partial charge on any atom is -0.481 e. The SMILES string of the molecule is COc1ccc(CN2CCC(Cc3ccc(Cl)cc3)C2)cn1. The summed E-state index contributed by atoms with van der Waals surface area (Å²) < 4.78 is 5.10. The van der Waals surface area contributed by atoms with Crippen LogP contribution in [0.3, 0.4) is 0 Å². The van der Waals surface area contributed by atoms with Gasteiger partial charge in [0, 0.05) is 30.4 Å². The summed E-state index contributed by atoms with van der Waals surface area (Å²) in [6, 6.07) is 12.3. The molecule has 1 unspecified atom stereocenters. The van der Waals surface area contributed by atoms with E-state index in [-0.39, 0.29) is 0 Å². The van der Waals surface area contributed by atoms with Gasteiger partial charge in [-0.2, -0.15) is 0 Å². The highest BCUT2D eigenvalue weighted by atomic mass is 35.5. The monoisotopic (exact) mass is 316 g/mol. The molecule has 0 spiro atoms. The van der Waals surface area contributed by atoms with E-state index >= 15 is 0 Å². The van der Waals surface area contributed by atoms with Crippen molar-refractivity contribution in [3.05, 3.63) is 58.7 Å². The maximum absolute atomic E-state index is 5.94. The molecule has 0 aliphatic carbocycles. The highest BCUT2D eigenvalue weighted by molar-refractivity contribution is 6.30. The van der Waals surface area contributed by atoms with Crippen LogP contribution in [0.2, 0.25) is 5.02 Å². The summed E-state index contributed by atoms with van der Waals surface area (Å²) in [6.45, 7) is 3.27. The van der Waals surface area contributed by atoms with Gasteiger partial charge in [0.1, 0.15) is 0 Å². The molecule has 1 aromatic heterocycles. The van der Waals surface area contributed by atoms with Gasteiger partial charge in [-0.25, -0.2) is 4.98 Å². The molecule has 0 N–H and O–H groups in total. The highest BCUT2D eigenvalue weighted by Crippen LogP contribution is 2.23. The molecular formula is C18H21ClN2O. The first-order valence-corrected chi connectivity index (χ1v) is 8.06. The molecule has 116 valence electrons. The number of rotatable bonds is 5. The number of hydrogen-bond donors (Lipinski definition) is 0. The van der Waals surface area contributed by atoms with E-state index in [0.717, 1.165) is 37.0 Å². The van der Waals surface area contributed by atoms with Crippen LogP contribution in [0.25, 0.3) is 0 Å². The van der Waals surface area contributed by atoms with Crippen molar-refractivity contribution in [2.24, 2.45) is 5.92 Å². The Balaban J connectivity index is 1.52. The Bertz CT molecular complexity index is 597. The summed E-state index contributed by atoms with van der Waals surface area (Å²) >= 11 is 5.94. The maximum Gasteiger partial charge on any atom is 0.212 e. The number of ether oxygens (including phenoxy) is 1. The molecule has 2 heterocycles. The first kappa shape index (κ1) is 15.3. The predicted molar refractivity (Wildman–Crippen MR) is 89.3 cm³/mol. The lowest BCUT2D eigenvalue weighted by atomic mass is 9.99. The number of hydrogen-bond acceptors (Lipinski definition) is 3. The number of benzene rings is 1. The minimum atomic E-state index is 0.672. The van der Waals surface area contributed by atoms with E-state index in [0.29, 0.717) is 5.88 Å². The first-order valence-electron chi connectivity index (χ1n) is 7.68. The number of nitrogens with zero attached hydrogens (tertiary/aromatic N) is 2. The molecule has 0 bridgehead atoms. The van der Waals surface area contributed by atoms with Gasteiger partial charge < -0.3 is 4.74 Å². The Labute approximate surface area is 136 Å². The molecule has 1 aliphatic rings. The molecule has 1 fully saturated rings. The third-order valence-corrected chi connectivity index (χ3v) is 4.47. The van der Waals surface area contributed by atoms with Crippen LogP contribution in [0.4, 0.5) is 0 Å². The van der Waals surface area contributed by atoms with Crippen LogP contribution in [-0.4, -0.2) is 30.1 Å². The van der Waals surface area contributed by atoms with Crippen molar-refractivity contribution < 1.29 is 4.74 Å². The van der Waals surface area contributed by atoms with Crippen LogP contribution in [0.15, 0.2) is 42.6 Å². The van der Waals surface area contributed by atoms with Crippen molar-refractivity contribution in [3.63, 3.8) is 0 Å². The number of methoxy groups -OCH3 is 1. The Morgan fingerprint density at radius 3 is 2.64 bits per heavy atom. The van der Waals surface area contributed by atoms with Crippen LogP contribution in [-0.2, 0) is 13.0 Å². The fourth-order valence-electron chi connectivity index (χ4n) is 3.06. The molecule has 1 saturated heterocycles. The van der Waals surface area contributed by atoms with Crippen LogP contribution >= 0.6 is 11.6 Å². The van der Waals surface area contributed by atoms with Crippen molar-refractivity contribution in [1.29, 1.82) is 0 Å². The molecule has 2 aromatic rings. The summed E-state index contributed by atoms with van der Waals surface area (Å²) in [7, 11) is 1.64. The Morgan fingerprint density at radius 1 is 1.18 bits per heavy atom. The van der Waals surface area contributed by atoms with Crippen molar-refractivity contribution >= 4 is 11.6 Å². The van der Waals surface area contributed by atoms with Crippen LogP contribution in [0.1, 0.15) is 17.5 Å². The number of halogens is 1. The predicted octanol–water partition coefficient (Wildman–Crippen LogP) is 3.81. The van der Waals surface area contributed by atoms with Gasteiger partial charge in [0.25, 0.3) is 0 Å². The molecule has 1 aliphatic heterocycles. The highest BCUT2D eigenvalue weighted by Gasteiger charge is 2.22. The van der Waals surface area contributed by atoms with Gasteiger partial charge in [-0.1, -0.05) is 29.8 Å². The van der Waals surface area contributed by atoms with Crippen molar-refractivity contribution in [3.8, 4) is 5.88 Å². The first-order chi connectivity index (χ1) is 10.7. The van der Waals surface area contributed by atoms with E-state index in [2.05, 4.69) is 28.1 Å². The zero-order valence-electron chi connectivity index (χ0n) is 12.8. The number of aromatic nitrogens is 1. The van der Waals surface area contributed by atoms with E-state index in [1.807, 2.05) is 24.4 Å². The van der Waals surface area contributed by atoms with E-state index in [1.54, 1.807) is 7.11 Å². The van der Waals surface area contributed by atoms with Gasteiger partial charge in [-0.05, 0) is 48.6 Å². The van der Waals surface area contributed by atoms with Gasteiger partial charge >= 0.3 is 0 Å². The van der Waals surface area contributed by atoms with Gasteiger partial charge in [0.2, 0.25) is 5.88 Å². The lowest BCUT2D eigenvalue weighted by Crippen LogP contribution is -2.20. The summed E-state index contributed by atoms with van der Waals surface area (Å²) in [5.41, 5.74) is 2.62. The average Bonchev–Trinajstić information content (AvgIpc) is 2.97. The van der Waals surface area contributed by atoms with Crippen molar-refractivity contribution in [1.82, 2.24) is 9.88 Å². The largest absolute Gasteiger partial charge is 0.481 e. The summed E-state index contributed by atoms with van der Waals surface area (Å²) in [4.78, 5) is 6.78. The zero-order chi connectivity index (χ0) is 15.4. The van der Waals surface area contributed by atoms with Crippen LogP contribution in [0.5, 0.6) is 5.88 Å². The molecular weight excluding hydrogens is 296 g/mol. The fraction of sp³-hybridized carbons (Fsp3) is 0.389. The molecule has 1 aromatic carbocycles. The van der Waals surface area contributed by atoms with E-state index in [1.165, 1.54) is 17.5 Å². The van der Waals surface area contributed by atoms with E-state index < -0.39 is 0 Å². The third-order valence-electron chi connectivity index (χ3n) is 4.22. The third kappa shape index (κ3) is 3.99. The second-order valence-corrected chi connectivity index (χ2v) is 6.37. The summed E-state index contributed by atoms with van der Waals surface area (Å²) in [6.07, 6.45) is 4.30. The molecule has 3 rings (SSSR count). The lowest BCUT2D eigenvalue weighted by molar-refractivity contribution is 0.315. The topological polar surface area (TPSA) is 25.4 Å². The molecule has 3 nitrogen and oxygen atoms in total. The lowest BCUT2D eigenvalue weighted by Gasteiger charge is -2.16. The number of pyridine rings is 1. The van der Waals surface area contributed by atoms with Gasteiger partial charge in [-0.15, -0.1) is 0 Å². The van der Waals surface area contributed by atoms with Crippen molar-refractivity contribution in [2.45, 2.75) is 19.4 Å². The number of likely N-dealkylation sites (tertiary alicyclic amines) is 1. The maximum atomic E-state index is 5.94. The minimum absolute atomic E-state index is 0.672. The molecule has 0 saturated carbocycles. The van der Waals surface area contributed by atoms with E-state index in [9.17, 15) is 0 Å². The second-order valence-electron chi connectivity index (χ2n) is 5.93. The van der Waals surface area contributed by atoms with Gasteiger partial charge in [0.15, 0.2) is 0 Å².